The van der Waals surface area contributed by atoms with Crippen molar-refractivity contribution in [3.05, 3.63) is 88.0 Å². The standard InChI is InChI=1S/C31H41FN2O/c1-7-22(2)17-23(3)11-12-24(4)29-18-27(14-13-25(29)5)33-30-10-8-9-26-19-34(16-15-28(26)30)20-31(6,32)21-35/h8-14,17-18,33,35H,7,15-16,19-21H2,1-6H3. The number of fused-ring (bicyclic) bond motifs is 1. The van der Waals surface area contributed by atoms with Gasteiger partial charge in [0.25, 0.3) is 0 Å². The molecule has 1 atom stereocenters. The van der Waals surface area contributed by atoms with Crippen molar-refractivity contribution in [2.24, 2.45) is 0 Å². The number of rotatable bonds is 9. The molecule has 0 spiro atoms. The highest BCUT2D eigenvalue weighted by atomic mass is 19.1. The van der Waals surface area contributed by atoms with Crippen molar-refractivity contribution in [3.63, 3.8) is 0 Å². The first-order valence-corrected chi connectivity index (χ1v) is 12.6. The predicted octanol–water partition coefficient (Wildman–Crippen LogP) is 7.52. The smallest absolute Gasteiger partial charge is 0.143 e. The molecule has 0 saturated carbocycles. The van der Waals surface area contributed by atoms with Crippen molar-refractivity contribution in [2.75, 3.05) is 25.0 Å². The van der Waals surface area contributed by atoms with Crippen LogP contribution in [-0.2, 0) is 13.0 Å². The van der Waals surface area contributed by atoms with Crippen LogP contribution in [0.5, 0.6) is 0 Å². The number of anilines is 2. The van der Waals surface area contributed by atoms with E-state index in [0.717, 1.165) is 30.8 Å². The molecule has 2 aromatic carbocycles. The van der Waals surface area contributed by atoms with Crippen molar-refractivity contribution in [1.82, 2.24) is 4.90 Å². The van der Waals surface area contributed by atoms with Gasteiger partial charge in [-0.3, -0.25) is 4.90 Å². The Bertz CT molecular complexity index is 1130. The fourth-order valence-corrected chi connectivity index (χ4v) is 4.60. The van der Waals surface area contributed by atoms with E-state index in [0.29, 0.717) is 6.54 Å². The van der Waals surface area contributed by atoms with Crippen molar-refractivity contribution >= 4 is 16.9 Å². The molecule has 1 aliphatic rings. The minimum atomic E-state index is -1.57. The number of nitrogens with one attached hydrogen (secondary N) is 1. The van der Waals surface area contributed by atoms with Gasteiger partial charge in [0.2, 0.25) is 0 Å². The van der Waals surface area contributed by atoms with Crippen molar-refractivity contribution in [3.8, 4) is 0 Å². The van der Waals surface area contributed by atoms with Crippen LogP contribution in [-0.4, -0.2) is 35.4 Å². The zero-order valence-corrected chi connectivity index (χ0v) is 22.2. The first kappa shape index (κ1) is 26.9. The summed E-state index contributed by atoms with van der Waals surface area (Å²) >= 11 is 0. The molecule has 35 heavy (non-hydrogen) atoms. The number of hydrogen-bond acceptors (Lipinski definition) is 3. The van der Waals surface area contributed by atoms with E-state index in [1.54, 1.807) is 0 Å². The summed E-state index contributed by atoms with van der Waals surface area (Å²) in [4.78, 5) is 2.09. The molecule has 1 unspecified atom stereocenters. The van der Waals surface area contributed by atoms with Crippen molar-refractivity contribution < 1.29 is 9.50 Å². The molecule has 4 heteroatoms. The first-order valence-electron chi connectivity index (χ1n) is 12.6. The second-order valence-corrected chi connectivity index (χ2v) is 10.2. The third-order valence-corrected chi connectivity index (χ3v) is 6.80. The maximum absolute atomic E-state index is 14.3. The summed E-state index contributed by atoms with van der Waals surface area (Å²) in [5.41, 5.74) is 9.47. The van der Waals surface area contributed by atoms with Crippen LogP contribution < -0.4 is 5.32 Å². The molecule has 188 valence electrons. The van der Waals surface area contributed by atoms with Crippen LogP contribution in [0.15, 0.2) is 65.8 Å². The molecule has 3 rings (SSSR count). The average molecular weight is 477 g/mol. The van der Waals surface area contributed by atoms with Crippen LogP contribution in [0.4, 0.5) is 15.8 Å². The number of aryl methyl sites for hydroxylation is 1. The zero-order valence-electron chi connectivity index (χ0n) is 22.2. The average Bonchev–Trinajstić information content (AvgIpc) is 2.83. The summed E-state index contributed by atoms with van der Waals surface area (Å²) in [6.45, 7) is 13.5. The van der Waals surface area contributed by atoms with E-state index in [2.05, 4.69) is 99.5 Å². The summed E-state index contributed by atoms with van der Waals surface area (Å²) in [7, 11) is 0. The molecule has 2 N–H and O–H groups in total. The van der Waals surface area contributed by atoms with Gasteiger partial charge in [0.05, 0.1) is 6.61 Å². The van der Waals surface area contributed by atoms with E-state index < -0.39 is 12.3 Å². The fraction of sp³-hybridized carbons (Fsp3) is 0.419. The van der Waals surface area contributed by atoms with Gasteiger partial charge < -0.3 is 10.4 Å². The minimum Gasteiger partial charge on any atom is -0.393 e. The van der Waals surface area contributed by atoms with Gasteiger partial charge >= 0.3 is 0 Å². The van der Waals surface area contributed by atoms with E-state index >= 15 is 0 Å². The second kappa shape index (κ2) is 11.8. The number of allylic oxidation sites excluding steroid dienone is 6. The van der Waals surface area contributed by atoms with Gasteiger partial charge in [-0.25, -0.2) is 4.39 Å². The second-order valence-electron chi connectivity index (χ2n) is 10.2. The van der Waals surface area contributed by atoms with Gasteiger partial charge in [0.15, 0.2) is 0 Å². The van der Waals surface area contributed by atoms with Gasteiger partial charge in [-0.2, -0.15) is 0 Å². The summed E-state index contributed by atoms with van der Waals surface area (Å²) in [5.74, 6) is 0. The van der Waals surface area contributed by atoms with Gasteiger partial charge in [0, 0.05) is 31.0 Å². The molecule has 0 radical (unpaired) electrons. The maximum Gasteiger partial charge on any atom is 0.143 e. The molecule has 0 bridgehead atoms. The van der Waals surface area contributed by atoms with Gasteiger partial charge in [-0.05, 0) is 93.5 Å². The monoisotopic (exact) mass is 476 g/mol. The largest absolute Gasteiger partial charge is 0.393 e. The van der Waals surface area contributed by atoms with Crippen molar-refractivity contribution in [2.45, 2.75) is 66.6 Å². The van der Waals surface area contributed by atoms with E-state index in [4.69, 9.17) is 0 Å². The van der Waals surface area contributed by atoms with Gasteiger partial charge in [-0.15, -0.1) is 0 Å². The van der Waals surface area contributed by atoms with Gasteiger partial charge in [0.1, 0.15) is 5.67 Å². The Morgan fingerprint density at radius 1 is 1.17 bits per heavy atom. The lowest BCUT2D eigenvalue weighted by molar-refractivity contribution is 0.0432. The van der Waals surface area contributed by atoms with Crippen LogP contribution >= 0.6 is 0 Å². The van der Waals surface area contributed by atoms with Crippen LogP contribution in [0, 0.1) is 6.92 Å². The molecule has 0 aromatic heterocycles. The summed E-state index contributed by atoms with van der Waals surface area (Å²) in [5, 5.41) is 12.9. The van der Waals surface area contributed by atoms with E-state index in [9.17, 15) is 9.50 Å². The molecule has 0 saturated heterocycles. The van der Waals surface area contributed by atoms with Crippen LogP contribution in [0.25, 0.3) is 5.57 Å². The van der Waals surface area contributed by atoms with Crippen LogP contribution in [0.1, 0.15) is 63.3 Å². The summed E-state index contributed by atoms with van der Waals surface area (Å²) < 4.78 is 14.3. The SMILES string of the molecule is CCC(C)=CC(C)=CC=C(C)c1cc(Nc2cccc3c2CCN(CC(C)(F)CO)C3)ccc1C. The molecule has 2 aromatic rings. The lowest BCUT2D eigenvalue weighted by atomic mass is 9.96. The molecule has 1 aliphatic heterocycles. The topological polar surface area (TPSA) is 35.5 Å². The highest BCUT2D eigenvalue weighted by Gasteiger charge is 2.28. The van der Waals surface area contributed by atoms with E-state index in [1.807, 2.05) is 0 Å². The number of halogens is 1. The molecule has 0 aliphatic carbocycles. The van der Waals surface area contributed by atoms with Gasteiger partial charge in [-0.1, -0.05) is 54.5 Å². The number of aliphatic hydroxyl groups excluding tert-OH is 1. The molecule has 1 heterocycles. The number of nitrogens with zero attached hydrogens (tertiary/aromatic N) is 1. The Balaban J connectivity index is 1.80. The summed E-state index contributed by atoms with van der Waals surface area (Å²) in [6, 6.07) is 12.8. The zero-order chi connectivity index (χ0) is 25.6. The molecule has 0 fully saturated rings. The van der Waals surface area contributed by atoms with Crippen LogP contribution in [0.3, 0.4) is 0 Å². The Labute approximate surface area is 211 Å². The predicted molar refractivity (Wildman–Crippen MR) is 148 cm³/mol. The molecule has 3 nitrogen and oxygen atoms in total. The number of benzene rings is 2. The Morgan fingerprint density at radius 2 is 1.94 bits per heavy atom. The minimum absolute atomic E-state index is 0.245. The quantitative estimate of drug-likeness (QED) is 0.367. The maximum atomic E-state index is 14.3. The highest BCUT2D eigenvalue weighted by Crippen LogP contribution is 2.31. The summed E-state index contributed by atoms with van der Waals surface area (Å²) in [6.07, 6.45) is 8.55. The molecular formula is C31H41FN2O. The Hall–Kier alpha value is -2.69. The Kier molecular flexibility index (Phi) is 9.09. The number of hydrogen-bond donors (Lipinski definition) is 2. The van der Waals surface area contributed by atoms with E-state index in [1.165, 1.54) is 45.9 Å². The van der Waals surface area contributed by atoms with Crippen molar-refractivity contribution in [1.29, 1.82) is 0 Å². The van der Waals surface area contributed by atoms with E-state index in [-0.39, 0.29) is 6.54 Å². The lowest BCUT2D eigenvalue weighted by Crippen LogP contribution is -2.42. The number of alkyl halides is 1. The highest BCUT2D eigenvalue weighted by molar-refractivity contribution is 5.74. The third-order valence-electron chi connectivity index (χ3n) is 6.80. The molecular weight excluding hydrogens is 435 g/mol. The normalized spacial score (nSPS) is 17.2. The number of aliphatic hydroxyl groups is 1. The lowest BCUT2D eigenvalue weighted by Gasteiger charge is -2.33. The van der Waals surface area contributed by atoms with Crippen LogP contribution in [0.2, 0.25) is 0 Å². The Morgan fingerprint density at radius 3 is 2.66 bits per heavy atom. The fourth-order valence-electron chi connectivity index (χ4n) is 4.60. The first-order chi connectivity index (χ1) is 16.6. The molecule has 0 amide bonds. The third kappa shape index (κ3) is 7.39.